The second-order valence-corrected chi connectivity index (χ2v) is 4.29. The summed E-state index contributed by atoms with van der Waals surface area (Å²) in [6, 6.07) is 0.440. The molecule has 0 aliphatic carbocycles. The molecule has 16 heavy (non-hydrogen) atoms. The summed E-state index contributed by atoms with van der Waals surface area (Å²) in [5.74, 6) is 1.39. The van der Waals surface area contributed by atoms with Crippen LogP contribution in [0.4, 0.5) is 11.6 Å². The molecule has 0 aliphatic heterocycles. The maximum atomic E-state index is 5.53. The summed E-state index contributed by atoms with van der Waals surface area (Å²) in [6.45, 7) is 7.58. The highest BCUT2D eigenvalue weighted by molar-refractivity contribution is 5.40. The Labute approximate surface area is 97.9 Å². The summed E-state index contributed by atoms with van der Waals surface area (Å²) in [5.41, 5.74) is 5.53. The lowest BCUT2D eigenvalue weighted by Crippen LogP contribution is -2.32. The van der Waals surface area contributed by atoms with Crippen LogP contribution in [0.15, 0.2) is 12.4 Å². The van der Waals surface area contributed by atoms with E-state index in [1.165, 1.54) is 19.3 Å². The van der Waals surface area contributed by atoms with Gasteiger partial charge in [-0.05, 0) is 20.3 Å². The van der Waals surface area contributed by atoms with Gasteiger partial charge in [0.1, 0.15) is 11.6 Å². The van der Waals surface area contributed by atoms with Gasteiger partial charge in [0.15, 0.2) is 0 Å². The molecule has 1 aromatic heterocycles. The van der Waals surface area contributed by atoms with Crippen molar-refractivity contribution in [2.75, 3.05) is 17.2 Å². The Kier molecular flexibility index (Phi) is 5.02. The van der Waals surface area contributed by atoms with Gasteiger partial charge in [0, 0.05) is 12.6 Å². The predicted molar refractivity (Wildman–Crippen MR) is 68.5 cm³/mol. The van der Waals surface area contributed by atoms with Gasteiger partial charge in [-0.25, -0.2) is 9.97 Å². The Hall–Kier alpha value is -1.32. The molecule has 1 heterocycles. The van der Waals surface area contributed by atoms with Crippen LogP contribution >= 0.6 is 0 Å². The van der Waals surface area contributed by atoms with Crippen molar-refractivity contribution in [3.63, 3.8) is 0 Å². The van der Waals surface area contributed by atoms with Gasteiger partial charge in [-0.1, -0.05) is 19.8 Å². The van der Waals surface area contributed by atoms with Crippen LogP contribution in [0, 0.1) is 0 Å². The van der Waals surface area contributed by atoms with E-state index in [4.69, 9.17) is 5.73 Å². The van der Waals surface area contributed by atoms with Crippen LogP contribution in [-0.2, 0) is 0 Å². The minimum Gasteiger partial charge on any atom is -0.382 e. The van der Waals surface area contributed by atoms with Crippen molar-refractivity contribution in [1.82, 2.24) is 9.97 Å². The molecule has 0 spiro atoms. The van der Waals surface area contributed by atoms with E-state index in [1.54, 1.807) is 12.4 Å². The number of aromatic nitrogens is 2. The van der Waals surface area contributed by atoms with Crippen molar-refractivity contribution in [2.24, 2.45) is 0 Å². The molecule has 0 saturated carbocycles. The molecule has 0 fully saturated rings. The van der Waals surface area contributed by atoms with E-state index < -0.39 is 0 Å². The Morgan fingerprint density at radius 3 is 2.50 bits per heavy atom. The zero-order chi connectivity index (χ0) is 12.0. The minimum absolute atomic E-state index is 0.440. The third kappa shape index (κ3) is 3.68. The quantitative estimate of drug-likeness (QED) is 0.751. The maximum absolute atomic E-state index is 5.53. The van der Waals surface area contributed by atoms with Crippen molar-refractivity contribution in [2.45, 2.75) is 46.1 Å². The lowest BCUT2D eigenvalue weighted by Gasteiger charge is -2.27. The first-order chi connectivity index (χ1) is 7.65. The lowest BCUT2D eigenvalue weighted by molar-refractivity contribution is 0.619. The molecular formula is C12H22N4. The molecule has 0 saturated heterocycles. The average molecular weight is 222 g/mol. The molecule has 4 heteroatoms. The first-order valence-electron chi connectivity index (χ1n) is 5.99. The van der Waals surface area contributed by atoms with Crippen LogP contribution in [0.25, 0.3) is 0 Å². The van der Waals surface area contributed by atoms with Crippen LogP contribution in [0.2, 0.25) is 0 Å². The van der Waals surface area contributed by atoms with Gasteiger partial charge in [0.05, 0.1) is 12.4 Å². The molecule has 0 amide bonds. The predicted octanol–water partition coefficient (Wildman–Crippen LogP) is 2.46. The van der Waals surface area contributed by atoms with E-state index in [1.807, 2.05) is 0 Å². The number of hydrogen-bond donors (Lipinski definition) is 1. The second kappa shape index (κ2) is 6.30. The van der Waals surface area contributed by atoms with Crippen molar-refractivity contribution in [3.8, 4) is 0 Å². The minimum atomic E-state index is 0.440. The third-order valence-corrected chi connectivity index (χ3v) is 2.58. The monoisotopic (exact) mass is 222 g/mol. The summed E-state index contributed by atoms with van der Waals surface area (Å²) < 4.78 is 0. The molecule has 0 bridgehead atoms. The zero-order valence-corrected chi connectivity index (χ0v) is 10.5. The van der Waals surface area contributed by atoms with Gasteiger partial charge in [0.2, 0.25) is 0 Å². The van der Waals surface area contributed by atoms with Crippen molar-refractivity contribution >= 4 is 11.6 Å². The van der Waals surface area contributed by atoms with Gasteiger partial charge in [-0.2, -0.15) is 0 Å². The molecule has 1 aromatic rings. The smallest absolute Gasteiger partial charge is 0.147 e. The summed E-state index contributed by atoms with van der Waals surface area (Å²) in [5, 5.41) is 0. The lowest BCUT2D eigenvalue weighted by atomic mass is 10.2. The van der Waals surface area contributed by atoms with Crippen molar-refractivity contribution < 1.29 is 0 Å². The van der Waals surface area contributed by atoms with E-state index in [9.17, 15) is 0 Å². The van der Waals surface area contributed by atoms with E-state index in [0.29, 0.717) is 11.9 Å². The van der Waals surface area contributed by atoms with Gasteiger partial charge in [0.25, 0.3) is 0 Å². The number of hydrogen-bond acceptors (Lipinski definition) is 4. The second-order valence-electron chi connectivity index (χ2n) is 4.29. The molecule has 0 aliphatic rings. The normalized spacial score (nSPS) is 10.8. The van der Waals surface area contributed by atoms with Gasteiger partial charge in [-0.3, -0.25) is 0 Å². The zero-order valence-electron chi connectivity index (χ0n) is 10.5. The average Bonchev–Trinajstić information content (AvgIpc) is 2.26. The highest BCUT2D eigenvalue weighted by Gasteiger charge is 2.11. The standard InChI is InChI=1S/C12H22N4/c1-4-5-6-7-16(10(2)3)12-9-14-11(13)8-15-12/h8-10H,4-7H2,1-3H3,(H2,13,14). The summed E-state index contributed by atoms with van der Waals surface area (Å²) in [7, 11) is 0. The Balaban J connectivity index is 2.65. The number of anilines is 2. The third-order valence-electron chi connectivity index (χ3n) is 2.58. The summed E-state index contributed by atoms with van der Waals surface area (Å²) in [4.78, 5) is 10.7. The fourth-order valence-corrected chi connectivity index (χ4v) is 1.65. The van der Waals surface area contributed by atoms with Crippen LogP contribution in [-0.4, -0.2) is 22.6 Å². The molecule has 4 nitrogen and oxygen atoms in total. The summed E-state index contributed by atoms with van der Waals surface area (Å²) >= 11 is 0. The van der Waals surface area contributed by atoms with Gasteiger partial charge < -0.3 is 10.6 Å². The Bertz CT molecular complexity index is 294. The number of nitrogen functional groups attached to an aromatic ring is 1. The van der Waals surface area contributed by atoms with E-state index in [-0.39, 0.29) is 0 Å². The molecular weight excluding hydrogens is 200 g/mol. The number of unbranched alkanes of at least 4 members (excludes halogenated alkanes) is 2. The number of nitrogens with two attached hydrogens (primary N) is 1. The van der Waals surface area contributed by atoms with Crippen LogP contribution in [0.5, 0.6) is 0 Å². The molecule has 0 unspecified atom stereocenters. The fourth-order valence-electron chi connectivity index (χ4n) is 1.65. The molecule has 0 aromatic carbocycles. The van der Waals surface area contributed by atoms with Gasteiger partial charge >= 0.3 is 0 Å². The molecule has 0 atom stereocenters. The first kappa shape index (κ1) is 12.7. The van der Waals surface area contributed by atoms with Gasteiger partial charge in [-0.15, -0.1) is 0 Å². The molecule has 90 valence electrons. The fraction of sp³-hybridized carbons (Fsp3) is 0.667. The van der Waals surface area contributed by atoms with E-state index >= 15 is 0 Å². The van der Waals surface area contributed by atoms with Crippen molar-refractivity contribution in [1.29, 1.82) is 0 Å². The summed E-state index contributed by atoms with van der Waals surface area (Å²) in [6.07, 6.45) is 7.05. The maximum Gasteiger partial charge on any atom is 0.147 e. The van der Waals surface area contributed by atoms with Crippen LogP contribution in [0.3, 0.4) is 0 Å². The molecule has 1 rings (SSSR count). The van der Waals surface area contributed by atoms with E-state index in [2.05, 4.69) is 35.6 Å². The SMILES string of the molecule is CCCCCN(c1cnc(N)cn1)C(C)C. The first-order valence-corrected chi connectivity index (χ1v) is 5.99. The molecule has 0 radical (unpaired) electrons. The molecule has 2 N–H and O–H groups in total. The highest BCUT2D eigenvalue weighted by Crippen LogP contribution is 2.14. The Morgan fingerprint density at radius 2 is 2.00 bits per heavy atom. The van der Waals surface area contributed by atoms with Crippen molar-refractivity contribution in [3.05, 3.63) is 12.4 Å². The van der Waals surface area contributed by atoms with Crippen LogP contribution < -0.4 is 10.6 Å². The largest absolute Gasteiger partial charge is 0.382 e. The Morgan fingerprint density at radius 1 is 1.25 bits per heavy atom. The van der Waals surface area contributed by atoms with Crippen LogP contribution in [0.1, 0.15) is 40.0 Å². The number of nitrogens with zero attached hydrogens (tertiary/aromatic N) is 3. The highest BCUT2D eigenvalue weighted by atomic mass is 15.2. The topological polar surface area (TPSA) is 55.0 Å². The number of rotatable bonds is 6. The van der Waals surface area contributed by atoms with E-state index in [0.717, 1.165) is 12.4 Å².